The fraction of sp³-hybridized carbons (Fsp3) is 0.500. The number of nitrogens with zero attached hydrogens (tertiary/aromatic N) is 2. The van der Waals surface area contributed by atoms with Gasteiger partial charge in [-0.15, -0.1) is 0 Å². The first-order valence-electron chi connectivity index (χ1n) is 6.44. The van der Waals surface area contributed by atoms with Crippen LogP contribution in [0.4, 0.5) is 8.78 Å². The quantitative estimate of drug-likeness (QED) is 0.914. The lowest BCUT2D eigenvalue weighted by molar-refractivity contribution is 0.217. The van der Waals surface area contributed by atoms with Crippen LogP contribution in [0.3, 0.4) is 0 Å². The van der Waals surface area contributed by atoms with Gasteiger partial charge in [0.2, 0.25) is 0 Å². The molecule has 1 aromatic rings. The standard InChI is InChI=1S/C14H19F2N3/c1-4-5-19-13(17)18-8-14(19,3)10-7-11(15)9(2)6-12(10)16/h6-7H,4-5,8H2,1-3H3,(H2,17,18). The lowest BCUT2D eigenvalue weighted by Crippen LogP contribution is -2.48. The van der Waals surface area contributed by atoms with Gasteiger partial charge in [-0.1, -0.05) is 6.92 Å². The van der Waals surface area contributed by atoms with Crippen LogP contribution in [0.5, 0.6) is 0 Å². The molecule has 0 saturated carbocycles. The Kier molecular flexibility index (Phi) is 3.47. The average molecular weight is 267 g/mol. The summed E-state index contributed by atoms with van der Waals surface area (Å²) in [7, 11) is 0. The Hall–Kier alpha value is -1.65. The molecule has 2 N–H and O–H groups in total. The lowest BCUT2D eigenvalue weighted by Gasteiger charge is -2.36. The molecule has 0 aliphatic carbocycles. The molecular weight excluding hydrogens is 248 g/mol. The number of guanidine groups is 1. The van der Waals surface area contributed by atoms with Crippen LogP contribution in [-0.2, 0) is 5.54 Å². The zero-order valence-corrected chi connectivity index (χ0v) is 11.5. The third kappa shape index (κ3) is 2.17. The molecule has 1 heterocycles. The van der Waals surface area contributed by atoms with Crippen LogP contribution < -0.4 is 5.73 Å². The van der Waals surface area contributed by atoms with Crippen molar-refractivity contribution in [2.75, 3.05) is 13.1 Å². The number of rotatable bonds is 3. The third-order valence-electron chi connectivity index (χ3n) is 3.70. The molecule has 0 bridgehead atoms. The van der Waals surface area contributed by atoms with Gasteiger partial charge >= 0.3 is 0 Å². The minimum atomic E-state index is -0.710. The van der Waals surface area contributed by atoms with Crippen molar-refractivity contribution in [3.63, 3.8) is 0 Å². The largest absolute Gasteiger partial charge is 0.370 e. The van der Waals surface area contributed by atoms with Gasteiger partial charge in [0.15, 0.2) is 5.96 Å². The topological polar surface area (TPSA) is 41.6 Å². The first kappa shape index (κ1) is 13.8. The third-order valence-corrected chi connectivity index (χ3v) is 3.70. The van der Waals surface area contributed by atoms with Crippen LogP contribution in [0.25, 0.3) is 0 Å². The van der Waals surface area contributed by atoms with Crippen LogP contribution in [0, 0.1) is 18.6 Å². The molecule has 1 aliphatic rings. The second-order valence-corrected chi connectivity index (χ2v) is 5.18. The van der Waals surface area contributed by atoms with Gasteiger partial charge in [0.1, 0.15) is 11.6 Å². The van der Waals surface area contributed by atoms with Crippen molar-refractivity contribution in [1.82, 2.24) is 4.90 Å². The lowest BCUT2D eigenvalue weighted by atomic mass is 9.89. The van der Waals surface area contributed by atoms with Crippen LogP contribution in [0.2, 0.25) is 0 Å². The predicted octanol–water partition coefficient (Wildman–Crippen LogP) is 2.53. The van der Waals surface area contributed by atoms with Crippen molar-refractivity contribution in [1.29, 1.82) is 0 Å². The van der Waals surface area contributed by atoms with Crippen LogP contribution in [0.15, 0.2) is 17.1 Å². The molecule has 19 heavy (non-hydrogen) atoms. The molecule has 0 aromatic heterocycles. The Balaban J connectivity index is 2.48. The molecule has 0 fully saturated rings. The van der Waals surface area contributed by atoms with Gasteiger partial charge in [-0.2, -0.15) is 0 Å². The van der Waals surface area contributed by atoms with E-state index in [0.717, 1.165) is 6.42 Å². The van der Waals surface area contributed by atoms with E-state index >= 15 is 0 Å². The molecule has 5 heteroatoms. The summed E-state index contributed by atoms with van der Waals surface area (Å²) in [5.41, 5.74) is 5.76. The highest BCUT2D eigenvalue weighted by molar-refractivity contribution is 5.81. The zero-order valence-electron chi connectivity index (χ0n) is 11.5. The number of nitrogens with two attached hydrogens (primary N) is 1. The number of hydrogen-bond acceptors (Lipinski definition) is 3. The molecule has 104 valence electrons. The summed E-state index contributed by atoms with van der Waals surface area (Å²) in [5, 5.41) is 0. The number of halogens is 2. The molecule has 0 radical (unpaired) electrons. The summed E-state index contributed by atoms with van der Waals surface area (Å²) >= 11 is 0. The van der Waals surface area contributed by atoms with E-state index in [9.17, 15) is 8.78 Å². The second kappa shape index (κ2) is 4.79. The Bertz CT molecular complexity index is 528. The van der Waals surface area contributed by atoms with Gasteiger partial charge in [-0.05, 0) is 38.0 Å². The van der Waals surface area contributed by atoms with E-state index in [1.807, 2.05) is 18.7 Å². The smallest absolute Gasteiger partial charge is 0.192 e. The number of aliphatic imine (C=N–C) groups is 1. The average Bonchev–Trinajstić information content (AvgIpc) is 2.63. The van der Waals surface area contributed by atoms with E-state index in [2.05, 4.69) is 4.99 Å². The maximum absolute atomic E-state index is 14.2. The first-order chi connectivity index (χ1) is 8.90. The predicted molar refractivity (Wildman–Crippen MR) is 71.9 cm³/mol. The minimum absolute atomic E-state index is 0.304. The maximum Gasteiger partial charge on any atom is 0.192 e. The number of aryl methyl sites for hydroxylation is 1. The van der Waals surface area contributed by atoms with Crippen molar-refractivity contribution in [2.45, 2.75) is 32.7 Å². The monoisotopic (exact) mass is 267 g/mol. The number of hydrogen-bond donors (Lipinski definition) is 1. The molecule has 2 rings (SSSR count). The van der Waals surface area contributed by atoms with Gasteiger partial charge in [-0.25, -0.2) is 8.78 Å². The van der Waals surface area contributed by atoms with E-state index in [1.165, 1.54) is 12.1 Å². The Labute approximate surface area is 112 Å². The van der Waals surface area contributed by atoms with Crippen molar-refractivity contribution in [3.8, 4) is 0 Å². The minimum Gasteiger partial charge on any atom is -0.370 e. The number of benzene rings is 1. The Morgan fingerprint density at radius 2 is 2.05 bits per heavy atom. The molecule has 3 nitrogen and oxygen atoms in total. The SMILES string of the molecule is CCCN1C(N)=NCC1(C)c1cc(F)c(C)cc1F. The fourth-order valence-corrected chi connectivity index (χ4v) is 2.53. The van der Waals surface area contributed by atoms with Crippen LogP contribution >= 0.6 is 0 Å². The van der Waals surface area contributed by atoms with Gasteiger partial charge in [0.05, 0.1) is 12.1 Å². The molecule has 0 saturated heterocycles. The van der Waals surface area contributed by atoms with E-state index in [0.29, 0.717) is 30.2 Å². The van der Waals surface area contributed by atoms with Gasteiger partial charge in [0, 0.05) is 12.1 Å². The van der Waals surface area contributed by atoms with Crippen molar-refractivity contribution >= 4 is 5.96 Å². The molecular formula is C14H19F2N3. The van der Waals surface area contributed by atoms with Crippen molar-refractivity contribution in [2.24, 2.45) is 10.7 Å². The Morgan fingerprint density at radius 1 is 1.37 bits per heavy atom. The van der Waals surface area contributed by atoms with E-state index < -0.39 is 17.2 Å². The molecule has 0 spiro atoms. The summed E-state index contributed by atoms with van der Waals surface area (Å²) in [4.78, 5) is 6.04. The van der Waals surface area contributed by atoms with E-state index in [-0.39, 0.29) is 0 Å². The fourth-order valence-electron chi connectivity index (χ4n) is 2.53. The highest BCUT2D eigenvalue weighted by Crippen LogP contribution is 2.35. The summed E-state index contributed by atoms with van der Waals surface area (Å²) in [6, 6.07) is 2.50. The van der Waals surface area contributed by atoms with Crippen molar-refractivity contribution in [3.05, 3.63) is 34.9 Å². The zero-order chi connectivity index (χ0) is 14.2. The highest BCUT2D eigenvalue weighted by Gasteiger charge is 2.41. The molecule has 1 aromatic carbocycles. The second-order valence-electron chi connectivity index (χ2n) is 5.18. The summed E-state index contributed by atoms with van der Waals surface area (Å²) in [6.45, 7) is 6.42. The normalized spacial score (nSPS) is 22.8. The van der Waals surface area contributed by atoms with Gasteiger partial charge < -0.3 is 10.6 Å². The molecule has 1 unspecified atom stereocenters. The maximum atomic E-state index is 14.2. The van der Waals surface area contributed by atoms with E-state index in [1.54, 1.807) is 6.92 Å². The van der Waals surface area contributed by atoms with Gasteiger partial charge in [-0.3, -0.25) is 4.99 Å². The van der Waals surface area contributed by atoms with Crippen LogP contribution in [0.1, 0.15) is 31.4 Å². The summed E-state index contributed by atoms with van der Waals surface area (Å²) in [5.74, 6) is -0.420. The Morgan fingerprint density at radius 3 is 2.68 bits per heavy atom. The first-order valence-corrected chi connectivity index (χ1v) is 6.44. The molecule has 0 amide bonds. The summed E-state index contributed by atoms with van der Waals surface area (Å²) < 4.78 is 27.9. The summed E-state index contributed by atoms with van der Waals surface area (Å²) in [6.07, 6.45) is 0.863. The van der Waals surface area contributed by atoms with Gasteiger partial charge in [0.25, 0.3) is 0 Å². The van der Waals surface area contributed by atoms with E-state index in [4.69, 9.17) is 5.73 Å². The van der Waals surface area contributed by atoms with Crippen molar-refractivity contribution < 1.29 is 8.78 Å². The molecule has 1 atom stereocenters. The van der Waals surface area contributed by atoms with Crippen LogP contribution in [-0.4, -0.2) is 23.9 Å². The highest BCUT2D eigenvalue weighted by atomic mass is 19.1. The molecule has 1 aliphatic heterocycles.